The number of urea groups is 1. The monoisotopic (exact) mass is 460 g/mol. The Labute approximate surface area is 204 Å². The van der Waals surface area contributed by atoms with Crippen molar-refractivity contribution in [3.63, 3.8) is 0 Å². The molecule has 172 valence electrons. The van der Waals surface area contributed by atoms with E-state index in [0.717, 1.165) is 20.9 Å². The molecule has 1 unspecified atom stereocenters. The zero-order valence-corrected chi connectivity index (χ0v) is 19.0. The predicted molar refractivity (Wildman–Crippen MR) is 136 cm³/mol. The van der Waals surface area contributed by atoms with E-state index in [9.17, 15) is 14.4 Å². The fraction of sp³-hybridized carbons (Fsp3) is 0.100. The Hall–Kier alpha value is -4.51. The summed E-state index contributed by atoms with van der Waals surface area (Å²) in [7, 11) is 0. The van der Waals surface area contributed by atoms with Crippen LogP contribution in [-0.4, -0.2) is 17.8 Å². The van der Waals surface area contributed by atoms with Crippen LogP contribution in [0.1, 0.15) is 17.0 Å². The van der Waals surface area contributed by atoms with Crippen molar-refractivity contribution < 1.29 is 14.4 Å². The van der Waals surface area contributed by atoms with Crippen LogP contribution in [0.25, 0.3) is 0 Å². The van der Waals surface area contributed by atoms with Crippen LogP contribution in [0.2, 0.25) is 0 Å². The maximum absolute atomic E-state index is 14.0. The molecule has 0 N–H and O–H groups in total. The fourth-order valence-corrected chi connectivity index (χ4v) is 4.64. The average Bonchev–Trinajstić information content (AvgIpc) is 2.90. The molecule has 1 saturated heterocycles. The van der Waals surface area contributed by atoms with E-state index >= 15 is 0 Å². The number of imide groups is 2. The summed E-state index contributed by atoms with van der Waals surface area (Å²) in [6.07, 6.45) is 0.479. The topological polar surface area (TPSA) is 57.7 Å². The van der Waals surface area contributed by atoms with E-state index in [1.807, 2.05) is 72.8 Å². The lowest BCUT2D eigenvalue weighted by Gasteiger charge is -2.39. The second-order valence-electron chi connectivity index (χ2n) is 8.49. The lowest BCUT2D eigenvalue weighted by molar-refractivity contribution is -0.133. The number of anilines is 2. The summed E-state index contributed by atoms with van der Waals surface area (Å²) in [6, 6.07) is 36.3. The highest BCUT2D eigenvalue weighted by Crippen LogP contribution is 2.37. The molecule has 1 fully saturated rings. The van der Waals surface area contributed by atoms with Gasteiger partial charge in [0.25, 0.3) is 0 Å². The van der Waals surface area contributed by atoms with Crippen LogP contribution in [0.5, 0.6) is 0 Å². The minimum Gasteiger partial charge on any atom is -0.273 e. The zero-order chi connectivity index (χ0) is 24.2. The quantitative estimate of drug-likeness (QED) is 0.340. The van der Waals surface area contributed by atoms with E-state index in [4.69, 9.17) is 0 Å². The first-order valence-electron chi connectivity index (χ1n) is 11.6. The van der Waals surface area contributed by atoms with Gasteiger partial charge in [0.15, 0.2) is 0 Å². The van der Waals surface area contributed by atoms with Crippen molar-refractivity contribution in [2.75, 3.05) is 9.80 Å². The number of hydrogen-bond donors (Lipinski definition) is 0. The third-order valence-electron chi connectivity index (χ3n) is 6.31. The van der Waals surface area contributed by atoms with E-state index in [2.05, 4.69) is 0 Å². The summed E-state index contributed by atoms with van der Waals surface area (Å²) in [5.74, 6) is -2.55. The predicted octanol–water partition coefficient (Wildman–Crippen LogP) is 5.83. The van der Waals surface area contributed by atoms with Gasteiger partial charge in [-0.05, 0) is 41.8 Å². The molecule has 0 saturated carbocycles. The van der Waals surface area contributed by atoms with E-state index in [1.54, 1.807) is 48.5 Å². The second-order valence-corrected chi connectivity index (χ2v) is 8.49. The van der Waals surface area contributed by atoms with Crippen LogP contribution < -0.4 is 9.80 Å². The van der Waals surface area contributed by atoms with Crippen molar-refractivity contribution in [2.45, 2.75) is 12.3 Å². The number of para-hydroxylation sites is 2. The Morgan fingerprint density at radius 3 is 1.40 bits per heavy atom. The molecule has 5 nitrogen and oxygen atoms in total. The van der Waals surface area contributed by atoms with Crippen LogP contribution in [0, 0.1) is 5.92 Å². The number of barbiturate groups is 1. The SMILES string of the molecule is O=C1C(C(Cc2ccccc2)c2ccccc2)C(=O)N(c2ccccc2)C(=O)N1c1ccccc1. The molecule has 5 rings (SSSR count). The van der Waals surface area contributed by atoms with Crippen LogP contribution in [0.3, 0.4) is 0 Å². The van der Waals surface area contributed by atoms with E-state index in [0.29, 0.717) is 17.8 Å². The fourth-order valence-electron chi connectivity index (χ4n) is 4.64. The van der Waals surface area contributed by atoms with Crippen LogP contribution in [0.15, 0.2) is 121 Å². The Morgan fingerprint density at radius 2 is 0.943 bits per heavy atom. The van der Waals surface area contributed by atoms with E-state index in [-0.39, 0.29) is 0 Å². The molecule has 0 bridgehead atoms. The molecule has 0 spiro atoms. The van der Waals surface area contributed by atoms with Crippen molar-refractivity contribution in [3.05, 3.63) is 132 Å². The maximum Gasteiger partial charge on any atom is 0.342 e. The van der Waals surface area contributed by atoms with Gasteiger partial charge in [-0.2, -0.15) is 0 Å². The normalized spacial score (nSPS) is 15.4. The molecule has 0 aliphatic carbocycles. The van der Waals surface area contributed by atoms with Crippen LogP contribution in [-0.2, 0) is 16.0 Å². The van der Waals surface area contributed by atoms with Crippen LogP contribution >= 0.6 is 0 Å². The minimum atomic E-state index is -1.07. The Bertz CT molecular complexity index is 1260. The smallest absolute Gasteiger partial charge is 0.273 e. The van der Waals surface area contributed by atoms with Gasteiger partial charge < -0.3 is 0 Å². The standard InChI is InChI=1S/C30H24N2O3/c33-28-27(26(23-15-7-2-8-16-23)21-22-13-5-1-6-14-22)29(34)32(25-19-11-4-12-20-25)30(35)31(28)24-17-9-3-10-18-24/h1-20,26-27H,21H2. The number of amides is 4. The summed E-state index contributed by atoms with van der Waals surface area (Å²) in [5, 5.41) is 0. The van der Waals surface area contributed by atoms with Gasteiger partial charge in [-0.15, -0.1) is 0 Å². The number of nitrogens with zero attached hydrogens (tertiary/aromatic N) is 2. The molecule has 4 amide bonds. The van der Waals surface area contributed by atoms with Gasteiger partial charge >= 0.3 is 6.03 Å². The number of hydrogen-bond acceptors (Lipinski definition) is 3. The molecule has 1 heterocycles. The lowest BCUT2D eigenvalue weighted by Crippen LogP contribution is -2.61. The molecule has 1 atom stereocenters. The van der Waals surface area contributed by atoms with Crippen molar-refractivity contribution in [3.8, 4) is 0 Å². The zero-order valence-electron chi connectivity index (χ0n) is 19.0. The summed E-state index contributed by atoms with van der Waals surface area (Å²) in [4.78, 5) is 43.9. The average molecular weight is 461 g/mol. The minimum absolute atomic E-state index is 0.437. The van der Waals surface area contributed by atoms with Crippen molar-refractivity contribution in [1.29, 1.82) is 0 Å². The van der Waals surface area contributed by atoms with E-state index < -0.39 is 29.7 Å². The molecular weight excluding hydrogens is 436 g/mol. The van der Waals surface area contributed by atoms with Gasteiger partial charge in [0.2, 0.25) is 11.8 Å². The highest BCUT2D eigenvalue weighted by Gasteiger charge is 2.50. The summed E-state index contributed by atoms with van der Waals surface area (Å²) >= 11 is 0. The van der Waals surface area contributed by atoms with Crippen molar-refractivity contribution in [2.24, 2.45) is 5.92 Å². The first-order valence-corrected chi connectivity index (χ1v) is 11.6. The van der Waals surface area contributed by atoms with Crippen molar-refractivity contribution in [1.82, 2.24) is 0 Å². The number of carbonyl (C=O) groups excluding carboxylic acids is 3. The number of carbonyl (C=O) groups is 3. The number of benzene rings is 4. The van der Waals surface area contributed by atoms with Crippen LogP contribution in [0.4, 0.5) is 16.2 Å². The summed E-state index contributed by atoms with van der Waals surface area (Å²) < 4.78 is 0. The Kier molecular flexibility index (Phi) is 6.22. The maximum atomic E-state index is 14.0. The third-order valence-corrected chi connectivity index (χ3v) is 6.31. The first-order chi connectivity index (χ1) is 17.1. The largest absolute Gasteiger partial charge is 0.342 e. The molecule has 4 aromatic carbocycles. The van der Waals surface area contributed by atoms with Gasteiger partial charge in [0.1, 0.15) is 5.92 Å². The Balaban J connectivity index is 1.65. The molecule has 35 heavy (non-hydrogen) atoms. The lowest BCUT2D eigenvalue weighted by atomic mass is 9.79. The van der Waals surface area contributed by atoms with Gasteiger partial charge in [-0.25, -0.2) is 14.6 Å². The molecule has 0 aromatic heterocycles. The van der Waals surface area contributed by atoms with Gasteiger partial charge in [0.05, 0.1) is 11.4 Å². The van der Waals surface area contributed by atoms with Gasteiger partial charge in [0, 0.05) is 5.92 Å². The van der Waals surface area contributed by atoms with Crippen molar-refractivity contribution >= 4 is 29.2 Å². The highest BCUT2D eigenvalue weighted by molar-refractivity contribution is 6.36. The molecule has 1 aliphatic heterocycles. The molecule has 4 aromatic rings. The van der Waals surface area contributed by atoms with Gasteiger partial charge in [-0.1, -0.05) is 97.1 Å². The molecule has 0 radical (unpaired) electrons. The summed E-state index contributed by atoms with van der Waals surface area (Å²) in [6.45, 7) is 0. The van der Waals surface area contributed by atoms with E-state index in [1.165, 1.54) is 0 Å². The third kappa shape index (κ3) is 4.36. The molecule has 5 heteroatoms. The summed E-state index contributed by atoms with van der Waals surface area (Å²) in [5.41, 5.74) is 2.76. The highest BCUT2D eigenvalue weighted by atomic mass is 16.2. The second kappa shape index (κ2) is 9.77. The Morgan fingerprint density at radius 1 is 0.543 bits per heavy atom. The molecule has 1 aliphatic rings. The molecular formula is C30H24N2O3. The number of rotatable bonds is 6. The first kappa shape index (κ1) is 22.3. The van der Waals surface area contributed by atoms with Gasteiger partial charge in [-0.3, -0.25) is 9.59 Å².